The molecular weight excluding hydrogens is 443 g/mol. The van der Waals surface area contributed by atoms with E-state index in [0.29, 0.717) is 48.0 Å². The molecule has 10 nitrogen and oxygen atoms in total. The number of aromatic amines is 1. The van der Waals surface area contributed by atoms with E-state index in [4.69, 9.17) is 15.2 Å². The van der Waals surface area contributed by atoms with Crippen molar-refractivity contribution in [2.75, 3.05) is 32.0 Å². The first-order valence-corrected chi connectivity index (χ1v) is 11.0. The van der Waals surface area contributed by atoms with Crippen LogP contribution in [-0.4, -0.2) is 68.3 Å². The van der Waals surface area contributed by atoms with Crippen LogP contribution in [0.2, 0.25) is 0 Å². The van der Waals surface area contributed by atoms with E-state index >= 15 is 0 Å². The lowest BCUT2D eigenvalue weighted by Crippen LogP contribution is -2.49. The number of benzene rings is 1. The van der Waals surface area contributed by atoms with Crippen molar-refractivity contribution < 1.29 is 23.8 Å². The third-order valence-corrected chi connectivity index (χ3v) is 6.07. The van der Waals surface area contributed by atoms with E-state index < -0.39 is 17.8 Å². The fourth-order valence-corrected chi connectivity index (χ4v) is 4.22. The molecule has 2 aromatic heterocycles. The van der Waals surface area contributed by atoms with E-state index in [0.717, 1.165) is 0 Å². The number of nitrogen functional groups attached to an aromatic ring is 1. The quantitative estimate of drug-likeness (QED) is 0.528. The number of halogens is 1. The van der Waals surface area contributed by atoms with Crippen LogP contribution in [0.25, 0.3) is 22.6 Å². The van der Waals surface area contributed by atoms with Crippen molar-refractivity contribution in [3.63, 3.8) is 0 Å². The van der Waals surface area contributed by atoms with Gasteiger partial charge in [0.25, 0.3) is 0 Å². The third-order valence-electron chi connectivity index (χ3n) is 6.07. The number of H-pyrrole nitrogens is 1. The minimum atomic E-state index is -0.864. The van der Waals surface area contributed by atoms with Gasteiger partial charge in [-0.3, -0.25) is 4.79 Å². The van der Waals surface area contributed by atoms with Crippen LogP contribution in [0, 0.1) is 11.2 Å². The first kappa shape index (κ1) is 22.4. The highest BCUT2D eigenvalue weighted by atomic mass is 19.1. The van der Waals surface area contributed by atoms with Gasteiger partial charge in [0.1, 0.15) is 5.82 Å². The summed E-state index contributed by atoms with van der Waals surface area (Å²) in [6.45, 7) is 2.89. The highest BCUT2D eigenvalue weighted by molar-refractivity contribution is 5.83. The number of carbonyl (C=O) groups is 1. The smallest absolute Gasteiger partial charge is 0.233 e. The molecule has 1 aromatic carbocycles. The second kappa shape index (κ2) is 8.75. The van der Waals surface area contributed by atoms with Crippen LogP contribution in [0.4, 0.5) is 10.3 Å². The number of amides is 1. The number of ether oxygens (including phenoxy) is 2. The highest BCUT2D eigenvalue weighted by Gasteiger charge is 2.44. The predicted molar refractivity (Wildman–Crippen MR) is 119 cm³/mol. The second-order valence-electron chi connectivity index (χ2n) is 8.86. The molecule has 2 saturated heterocycles. The summed E-state index contributed by atoms with van der Waals surface area (Å²) in [6, 6.07) is 7.62. The number of likely N-dealkylation sites (tertiary alicyclic amines) is 1. The number of imidazole rings is 1. The first-order chi connectivity index (χ1) is 16.3. The van der Waals surface area contributed by atoms with Gasteiger partial charge < -0.3 is 30.2 Å². The minimum absolute atomic E-state index is 0.102. The Hall–Kier alpha value is -3.41. The summed E-state index contributed by atoms with van der Waals surface area (Å²) in [5, 5.41) is 9.76. The molecule has 34 heavy (non-hydrogen) atoms. The van der Waals surface area contributed by atoms with Crippen molar-refractivity contribution >= 4 is 11.9 Å². The zero-order chi connectivity index (χ0) is 23.9. The van der Waals surface area contributed by atoms with Gasteiger partial charge in [-0.2, -0.15) is 0 Å². The summed E-state index contributed by atoms with van der Waals surface area (Å²) in [7, 11) is 0. The molecule has 1 atom stereocenters. The van der Waals surface area contributed by atoms with Gasteiger partial charge in [0.15, 0.2) is 5.82 Å². The monoisotopic (exact) mass is 468 g/mol. The molecule has 4 N–H and O–H groups in total. The lowest BCUT2D eigenvalue weighted by molar-refractivity contribution is -0.234. The second-order valence-corrected chi connectivity index (χ2v) is 8.86. The number of aliphatic hydroxyl groups is 1. The number of nitrogens with two attached hydrogens (primary N) is 1. The van der Waals surface area contributed by atoms with Crippen molar-refractivity contribution in [3.05, 3.63) is 48.2 Å². The number of aromatic nitrogens is 4. The molecule has 1 amide bonds. The first-order valence-electron chi connectivity index (χ1n) is 11.0. The number of β-amino-alcohol motifs (C(OH)–C–C–N with tert-alkyl or cyclic N) is 1. The minimum Gasteiger partial charge on any atom is -0.391 e. The van der Waals surface area contributed by atoms with E-state index in [2.05, 4.69) is 19.9 Å². The zero-order valence-corrected chi connectivity index (χ0v) is 18.6. The maximum atomic E-state index is 13.5. The molecule has 1 unspecified atom stereocenters. The van der Waals surface area contributed by atoms with Gasteiger partial charge >= 0.3 is 0 Å². The molecule has 11 heteroatoms. The lowest BCUT2D eigenvalue weighted by Gasteiger charge is -2.37. The van der Waals surface area contributed by atoms with Crippen LogP contribution in [0.5, 0.6) is 0 Å². The SMILES string of the molecule is CC1(C(=O)N2CCC(O)C2)COC(c2nc(-c3ccc(F)cc3)c(-c3ccnc(N)n3)[nH]2)OC1. The molecule has 0 saturated carbocycles. The fraction of sp³-hybridized carbons (Fsp3) is 0.391. The molecule has 5 rings (SSSR count). The molecule has 2 aliphatic heterocycles. The molecule has 2 aliphatic rings. The van der Waals surface area contributed by atoms with E-state index in [1.807, 2.05) is 0 Å². The van der Waals surface area contributed by atoms with Crippen molar-refractivity contribution in [1.82, 2.24) is 24.8 Å². The van der Waals surface area contributed by atoms with Gasteiger partial charge in [-0.05, 0) is 43.7 Å². The third kappa shape index (κ3) is 4.25. The summed E-state index contributed by atoms with van der Waals surface area (Å²) >= 11 is 0. The van der Waals surface area contributed by atoms with E-state index in [-0.39, 0.29) is 30.9 Å². The molecule has 178 valence electrons. The van der Waals surface area contributed by atoms with Gasteiger partial charge in [-0.25, -0.2) is 19.3 Å². The van der Waals surface area contributed by atoms with Gasteiger partial charge in [0.2, 0.25) is 18.1 Å². The Morgan fingerprint density at radius 3 is 2.62 bits per heavy atom. The van der Waals surface area contributed by atoms with E-state index in [1.54, 1.807) is 30.0 Å². The molecule has 0 aliphatic carbocycles. The molecule has 0 spiro atoms. The van der Waals surface area contributed by atoms with Crippen molar-refractivity contribution in [2.45, 2.75) is 25.7 Å². The summed E-state index contributed by atoms with van der Waals surface area (Å²) in [4.78, 5) is 30.7. The van der Waals surface area contributed by atoms with Crippen LogP contribution in [0.15, 0.2) is 36.5 Å². The fourth-order valence-electron chi connectivity index (χ4n) is 4.22. The number of carbonyl (C=O) groups excluding carboxylic acids is 1. The number of rotatable bonds is 4. The Morgan fingerprint density at radius 2 is 1.97 bits per heavy atom. The Labute approximate surface area is 194 Å². The van der Waals surface area contributed by atoms with Gasteiger partial charge in [0, 0.05) is 24.8 Å². The molecule has 0 radical (unpaired) electrons. The number of nitrogens with one attached hydrogen (secondary N) is 1. The molecular formula is C23H25FN6O4. The molecule has 3 aromatic rings. The van der Waals surface area contributed by atoms with Crippen molar-refractivity contribution in [3.8, 4) is 22.6 Å². The number of nitrogens with zero attached hydrogens (tertiary/aromatic N) is 4. The summed E-state index contributed by atoms with van der Waals surface area (Å²) in [5.41, 5.74) is 7.15. The Bertz CT molecular complexity index is 1190. The number of aliphatic hydroxyl groups excluding tert-OH is 1. The maximum Gasteiger partial charge on any atom is 0.233 e. The Morgan fingerprint density at radius 1 is 1.24 bits per heavy atom. The van der Waals surface area contributed by atoms with Crippen LogP contribution >= 0.6 is 0 Å². The normalized spacial score (nSPS) is 25.0. The lowest BCUT2D eigenvalue weighted by atomic mass is 9.90. The highest BCUT2D eigenvalue weighted by Crippen LogP contribution is 2.36. The van der Waals surface area contributed by atoms with Gasteiger partial charge in [-0.15, -0.1) is 0 Å². The van der Waals surface area contributed by atoms with Crippen LogP contribution < -0.4 is 5.73 Å². The Balaban J connectivity index is 1.41. The number of hydrogen-bond acceptors (Lipinski definition) is 8. The average Bonchev–Trinajstić information content (AvgIpc) is 3.46. The Kier molecular flexibility index (Phi) is 5.76. The van der Waals surface area contributed by atoms with E-state index in [9.17, 15) is 14.3 Å². The van der Waals surface area contributed by atoms with Crippen molar-refractivity contribution in [2.24, 2.45) is 5.41 Å². The van der Waals surface area contributed by atoms with Crippen LogP contribution in [0.1, 0.15) is 25.5 Å². The van der Waals surface area contributed by atoms with Gasteiger partial charge in [-0.1, -0.05) is 0 Å². The molecule has 0 bridgehead atoms. The molecule has 2 fully saturated rings. The van der Waals surface area contributed by atoms with Crippen LogP contribution in [-0.2, 0) is 14.3 Å². The topological polar surface area (TPSA) is 139 Å². The van der Waals surface area contributed by atoms with E-state index in [1.165, 1.54) is 18.3 Å². The standard InChI is InChI=1S/C23H25FN6O4/c1-23(21(32)30-9-7-15(31)10-30)11-33-20(34-12-23)19-28-17(13-2-4-14(24)5-3-13)18(29-19)16-6-8-26-22(25)27-16/h2-6,8,15,20,31H,7,9-12H2,1H3,(H,28,29)(H2,25,26,27). The summed E-state index contributed by atoms with van der Waals surface area (Å²) in [6.07, 6.45) is 0.776. The van der Waals surface area contributed by atoms with Gasteiger partial charge in [0.05, 0.1) is 41.8 Å². The average molecular weight is 468 g/mol. The number of anilines is 1. The van der Waals surface area contributed by atoms with Crippen molar-refractivity contribution in [1.29, 1.82) is 0 Å². The van der Waals surface area contributed by atoms with Crippen LogP contribution in [0.3, 0.4) is 0 Å². The summed E-state index contributed by atoms with van der Waals surface area (Å²) in [5.74, 6) is 0.0228. The molecule has 4 heterocycles. The zero-order valence-electron chi connectivity index (χ0n) is 18.6. The predicted octanol–water partition coefficient (Wildman–Crippen LogP) is 1.90. The number of hydrogen-bond donors (Lipinski definition) is 3. The largest absolute Gasteiger partial charge is 0.391 e. The maximum absolute atomic E-state index is 13.5. The summed E-state index contributed by atoms with van der Waals surface area (Å²) < 4.78 is 25.3.